The van der Waals surface area contributed by atoms with E-state index >= 15 is 0 Å². The minimum absolute atomic E-state index is 0.650. The van der Waals surface area contributed by atoms with Gasteiger partial charge in [-0.05, 0) is 37.6 Å². The van der Waals surface area contributed by atoms with Gasteiger partial charge in [0.2, 0.25) is 0 Å². The highest BCUT2D eigenvalue weighted by Gasteiger charge is 2.02. The zero-order valence-electron chi connectivity index (χ0n) is 13.0. The summed E-state index contributed by atoms with van der Waals surface area (Å²) in [5, 5.41) is 3.38. The summed E-state index contributed by atoms with van der Waals surface area (Å²) in [4.78, 5) is 0. The van der Waals surface area contributed by atoms with Crippen LogP contribution in [-0.2, 0) is 6.54 Å². The fourth-order valence-electron chi connectivity index (χ4n) is 2.21. The largest absolute Gasteiger partial charge is 0.496 e. The molecule has 0 aromatic heterocycles. The molecular formula is C18H23NO2. The van der Waals surface area contributed by atoms with Crippen molar-refractivity contribution in [3.8, 4) is 11.5 Å². The highest BCUT2D eigenvalue weighted by atomic mass is 16.5. The average Bonchev–Trinajstić information content (AvgIpc) is 2.47. The van der Waals surface area contributed by atoms with Gasteiger partial charge in [0, 0.05) is 18.7 Å². The molecule has 3 heteroatoms. The van der Waals surface area contributed by atoms with Crippen molar-refractivity contribution < 1.29 is 9.47 Å². The maximum Gasteiger partial charge on any atom is 0.123 e. The Morgan fingerprint density at radius 2 is 1.81 bits per heavy atom. The number of benzene rings is 2. The van der Waals surface area contributed by atoms with E-state index in [1.54, 1.807) is 7.11 Å². The summed E-state index contributed by atoms with van der Waals surface area (Å²) in [5.41, 5.74) is 3.63. The molecule has 1 N–H and O–H groups in total. The number of aryl methyl sites for hydroxylation is 2. The van der Waals surface area contributed by atoms with Crippen molar-refractivity contribution in [3.05, 3.63) is 59.2 Å². The van der Waals surface area contributed by atoms with Crippen LogP contribution >= 0.6 is 0 Å². The smallest absolute Gasteiger partial charge is 0.123 e. The van der Waals surface area contributed by atoms with E-state index in [0.29, 0.717) is 6.61 Å². The van der Waals surface area contributed by atoms with Gasteiger partial charge in [0.1, 0.15) is 18.1 Å². The molecule has 21 heavy (non-hydrogen) atoms. The van der Waals surface area contributed by atoms with E-state index in [1.807, 2.05) is 24.3 Å². The molecule has 0 saturated heterocycles. The van der Waals surface area contributed by atoms with Crippen LogP contribution in [0.2, 0.25) is 0 Å². The zero-order valence-corrected chi connectivity index (χ0v) is 13.0. The summed E-state index contributed by atoms with van der Waals surface area (Å²) in [5.74, 6) is 1.85. The first-order valence-electron chi connectivity index (χ1n) is 7.23. The first-order chi connectivity index (χ1) is 10.2. The zero-order chi connectivity index (χ0) is 15.1. The summed E-state index contributed by atoms with van der Waals surface area (Å²) >= 11 is 0. The fraction of sp³-hybridized carbons (Fsp3) is 0.333. The summed E-state index contributed by atoms with van der Waals surface area (Å²) in [6.45, 7) is 6.38. The van der Waals surface area contributed by atoms with Crippen molar-refractivity contribution in [2.75, 3.05) is 20.3 Å². The second-order valence-electron chi connectivity index (χ2n) is 5.16. The molecule has 0 heterocycles. The summed E-state index contributed by atoms with van der Waals surface area (Å²) in [6, 6.07) is 14.3. The van der Waals surface area contributed by atoms with Crippen LogP contribution in [0, 0.1) is 13.8 Å². The minimum atomic E-state index is 0.650. The topological polar surface area (TPSA) is 30.5 Å². The van der Waals surface area contributed by atoms with Crippen LogP contribution in [-0.4, -0.2) is 20.3 Å². The van der Waals surface area contributed by atoms with Crippen molar-refractivity contribution in [1.29, 1.82) is 0 Å². The first kappa shape index (κ1) is 15.4. The van der Waals surface area contributed by atoms with Crippen LogP contribution in [0.15, 0.2) is 42.5 Å². The number of nitrogens with one attached hydrogen (secondary N) is 1. The number of methoxy groups -OCH3 is 1. The van der Waals surface area contributed by atoms with E-state index < -0.39 is 0 Å². The van der Waals surface area contributed by atoms with Crippen LogP contribution in [0.4, 0.5) is 0 Å². The van der Waals surface area contributed by atoms with E-state index in [4.69, 9.17) is 9.47 Å². The second-order valence-corrected chi connectivity index (χ2v) is 5.16. The standard InChI is InChI=1S/C18H23NO2/c1-14-5-4-6-17(12-14)21-10-9-19-13-16-11-15(2)7-8-18(16)20-3/h4-8,11-12,19H,9-10,13H2,1-3H3. The third-order valence-electron chi connectivity index (χ3n) is 3.29. The molecule has 3 nitrogen and oxygen atoms in total. The third kappa shape index (κ3) is 4.80. The predicted molar refractivity (Wildman–Crippen MR) is 86.1 cm³/mol. The Hall–Kier alpha value is -2.00. The molecule has 112 valence electrons. The lowest BCUT2D eigenvalue weighted by Gasteiger charge is -2.11. The summed E-state index contributed by atoms with van der Waals surface area (Å²) in [7, 11) is 1.70. The Morgan fingerprint density at radius 3 is 2.57 bits per heavy atom. The molecule has 0 aliphatic rings. The van der Waals surface area contributed by atoms with Gasteiger partial charge in [-0.25, -0.2) is 0 Å². The van der Waals surface area contributed by atoms with E-state index in [2.05, 4.69) is 37.4 Å². The van der Waals surface area contributed by atoms with Crippen LogP contribution in [0.3, 0.4) is 0 Å². The average molecular weight is 285 g/mol. The number of ether oxygens (including phenoxy) is 2. The molecule has 2 aromatic rings. The maximum absolute atomic E-state index is 5.71. The Morgan fingerprint density at radius 1 is 1.00 bits per heavy atom. The SMILES string of the molecule is COc1ccc(C)cc1CNCCOc1cccc(C)c1. The molecule has 2 rings (SSSR count). The van der Waals surface area contributed by atoms with Crippen molar-refractivity contribution in [2.45, 2.75) is 20.4 Å². The van der Waals surface area contributed by atoms with Gasteiger partial charge in [0.25, 0.3) is 0 Å². The molecule has 0 aliphatic carbocycles. The number of hydrogen-bond acceptors (Lipinski definition) is 3. The number of hydrogen-bond donors (Lipinski definition) is 1. The highest BCUT2D eigenvalue weighted by molar-refractivity contribution is 5.36. The van der Waals surface area contributed by atoms with Gasteiger partial charge in [-0.3, -0.25) is 0 Å². The van der Waals surface area contributed by atoms with E-state index in [0.717, 1.165) is 24.6 Å². The lowest BCUT2D eigenvalue weighted by molar-refractivity contribution is 0.313. The molecule has 0 fully saturated rings. The van der Waals surface area contributed by atoms with Crippen LogP contribution in [0.5, 0.6) is 11.5 Å². The van der Waals surface area contributed by atoms with Crippen molar-refractivity contribution in [2.24, 2.45) is 0 Å². The number of rotatable bonds is 7. The quantitative estimate of drug-likeness (QED) is 0.790. The summed E-state index contributed by atoms with van der Waals surface area (Å²) in [6.07, 6.45) is 0. The van der Waals surface area contributed by atoms with Gasteiger partial charge in [0.05, 0.1) is 7.11 Å². The van der Waals surface area contributed by atoms with Crippen molar-refractivity contribution in [3.63, 3.8) is 0 Å². The lowest BCUT2D eigenvalue weighted by Crippen LogP contribution is -2.21. The van der Waals surface area contributed by atoms with E-state index in [-0.39, 0.29) is 0 Å². The molecule has 0 bridgehead atoms. The van der Waals surface area contributed by atoms with Crippen molar-refractivity contribution >= 4 is 0 Å². The Kier molecular flexibility index (Phi) is 5.64. The molecule has 2 aromatic carbocycles. The lowest BCUT2D eigenvalue weighted by atomic mass is 10.1. The predicted octanol–water partition coefficient (Wildman–Crippen LogP) is 3.48. The van der Waals surface area contributed by atoms with E-state index in [9.17, 15) is 0 Å². The van der Waals surface area contributed by atoms with Gasteiger partial charge in [0.15, 0.2) is 0 Å². The second kappa shape index (κ2) is 7.70. The molecule has 0 unspecified atom stereocenters. The normalized spacial score (nSPS) is 10.4. The Bertz CT molecular complexity index is 581. The van der Waals surface area contributed by atoms with E-state index in [1.165, 1.54) is 16.7 Å². The van der Waals surface area contributed by atoms with Gasteiger partial charge in [-0.2, -0.15) is 0 Å². The highest BCUT2D eigenvalue weighted by Crippen LogP contribution is 2.19. The van der Waals surface area contributed by atoms with Crippen LogP contribution in [0.1, 0.15) is 16.7 Å². The monoisotopic (exact) mass is 285 g/mol. The first-order valence-corrected chi connectivity index (χ1v) is 7.23. The fourth-order valence-corrected chi connectivity index (χ4v) is 2.21. The molecule has 0 aliphatic heterocycles. The van der Waals surface area contributed by atoms with Crippen LogP contribution in [0.25, 0.3) is 0 Å². The molecule has 0 saturated carbocycles. The molecule has 0 radical (unpaired) electrons. The minimum Gasteiger partial charge on any atom is -0.496 e. The summed E-state index contributed by atoms with van der Waals surface area (Å²) < 4.78 is 11.1. The van der Waals surface area contributed by atoms with Gasteiger partial charge >= 0.3 is 0 Å². The molecular weight excluding hydrogens is 262 g/mol. The molecule has 0 spiro atoms. The Labute approximate surface area is 126 Å². The van der Waals surface area contributed by atoms with Crippen LogP contribution < -0.4 is 14.8 Å². The van der Waals surface area contributed by atoms with Gasteiger partial charge in [-0.15, -0.1) is 0 Å². The third-order valence-corrected chi connectivity index (χ3v) is 3.29. The van der Waals surface area contributed by atoms with Gasteiger partial charge in [-0.1, -0.05) is 29.8 Å². The maximum atomic E-state index is 5.71. The molecule has 0 atom stereocenters. The molecule has 0 amide bonds. The Balaban J connectivity index is 1.76. The van der Waals surface area contributed by atoms with Crippen molar-refractivity contribution in [1.82, 2.24) is 5.32 Å². The van der Waals surface area contributed by atoms with Gasteiger partial charge < -0.3 is 14.8 Å².